The highest BCUT2D eigenvalue weighted by Gasteiger charge is 2.15. The molecule has 126 valence electrons. The van der Waals surface area contributed by atoms with Crippen molar-refractivity contribution in [1.82, 2.24) is 5.43 Å². The first-order valence-corrected chi connectivity index (χ1v) is 7.38. The largest absolute Gasteiger partial charge is 0.454 e. The fraction of sp³-hybridized carbons (Fsp3) is 0.222. The van der Waals surface area contributed by atoms with Gasteiger partial charge >= 0.3 is 6.09 Å². The van der Waals surface area contributed by atoms with E-state index in [1.807, 2.05) is 6.07 Å². The minimum absolute atomic E-state index is 0.0717. The molecule has 2 aromatic carbocycles. The van der Waals surface area contributed by atoms with Crippen LogP contribution < -0.4 is 10.2 Å². The fourth-order valence-electron chi connectivity index (χ4n) is 1.75. The van der Waals surface area contributed by atoms with Gasteiger partial charge in [0.05, 0.1) is 6.21 Å². The Balaban J connectivity index is 2.03. The van der Waals surface area contributed by atoms with Gasteiger partial charge < -0.3 is 9.47 Å². The predicted octanol–water partition coefficient (Wildman–Crippen LogP) is 4.48. The van der Waals surface area contributed by atoms with Gasteiger partial charge in [-0.15, -0.1) is 0 Å². The molecular weight excluding hydrogens is 311 g/mol. The van der Waals surface area contributed by atoms with Crippen molar-refractivity contribution in [1.29, 1.82) is 0 Å². The third-order valence-corrected chi connectivity index (χ3v) is 2.69. The summed E-state index contributed by atoms with van der Waals surface area (Å²) in [6, 6.07) is 13.2. The van der Waals surface area contributed by atoms with Crippen molar-refractivity contribution >= 4 is 12.3 Å². The Hall–Kier alpha value is -2.89. The molecule has 0 unspecified atom stereocenters. The smallest absolute Gasteiger partial charge is 0.428 e. The van der Waals surface area contributed by atoms with Crippen molar-refractivity contribution in [3.8, 4) is 11.5 Å². The number of nitrogens with one attached hydrogen (secondary N) is 1. The molecule has 2 rings (SSSR count). The fourth-order valence-corrected chi connectivity index (χ4v) is 1.75. The number of halogens is 1. The van der Waals surface area contributed by atoms with Crippen LogP contribution in [-0.4, -0.2) is 17.9 Å². The molecule has 0 atom stereocenters. The number of ether oxygens (including phenoxy) is 2. The number of amides is 1. The number of carbonyl (C=O) groups is 1. The van der Waals surface area contributed by atoms with Gasteiger partial charge in [-0.05, 0) is 50.6 Å². The van der Waals surface area contributed by atoms with Crippen molar-refractivity contribution in [2.45, 2.75) is 26.4 Å². The van der Waals surface area contributed by atoms with Crippen molar-refractivity contribution in [3.05, 3.63) is 59.9 Å². The molecule has 0 heterocycles. The number of carbonyl (C=O) groups excluding carboxylic acids is 1. The number of hydrogen-bond donors (Lipinski definition) is 1. The van der Waals surface area contributed by atoms with Crippen LogP contribution in [0.3, 0.4) is 0 Å². The van der Waals surface area contributed by atoms with E-state index in [4.69, 9.17) is 9.47 Å². The maximum atomic E-state index is 13.8. The Kier molecular flexibility index (Phi) is 5.52. The molecule has 6 heteroatoms. The van der Waals surface area contributed by atoms with Crippen LogP contribution in [0.15, 0.2) is 53.6 Å². The molecule has 0 aliphatic rings. The van der Waals surface area contributed by atoms with E-state index in [1.165, 1.54) is 24.4 Å². The Morgan fingerprint density at radius 1 is 1.17 bits per heavy atom. The standard InChI is InChI=1S/C18H19FN2O3/c1-18(2,3)24-17(22)21-20-12-13-9-10-15(19)16(11-13)23-14-7-5-4-6-8-14/h4-12H,1-3H3,(H,21,22)/b20-12+. The quantitative estimate of drug-likeness (QED) is 0.664. The summed E-state index contributed by atoms with van der Waals surface area (Å²) in [7, 11) is 0. The van der Waals surface area contributed by atoms with Gasteiger partial charge in [-0.3, -0.25) is 0 Å². The molecule has 0 aliphatic carbocycles. The van der Waals surface area contributed by atoms with Crippen molar-refractivity contribution in [2.75, 3.05) is 0 Å². The normalized spacial score (nSPS) is 11.3. The summed E-state index contributed by atoms with van der Waals surface area (Å²) in [5.41, 5.74) is 2.21. The van der Waals surface area contributed by atoms with Crippen LogP contribution >= 0.6 is 0 Å². The molecule has 0 saturated heterocycles. The average molecular weight is 330 g/mol. The molecule has 0 aliphatic heterocycles. The SMILES string of the molecule is CC(C)(C)OC(=O)N/N=C/c1ccc(F)c(Oc2ccccc2)c1. The minimum Gasteiger partial charge on any atom is -0.454 e. The summed E-state index contributed by atoms with van der Waals surface area (Å²) in [6.07, 6.45) is 0.711. The van der Waals surface area contributed by atoms with E-state index >= 15 is 0 Å². The Morgan fingerprint density at radius 2 is 1.88 bits per heavy atom. The van der Waals surface area contributed by atoms with E-state index in [0.717, 1.165) is 0 Å². The summed E-state index contributed by atoms with van der Waals surface area (Å²) in [6.45, 7) is 5.26. The molecule has 0 saturated carbocycles. The first kappa shape index (κ1) is 17.5. The van der Waals surface area contributed by atoms with Gasteiger partial charge in [-0.2, -0.15) is 5.10 Å². The van der Waals surface area contributed by atoms with Gasteiger partial charge in [-0.25, -0.2) is 14.6 Å². The maximum absolute atomic E-state index is 13.8. The van der Waals surface area contributed by atoms with E-state index in [0.29, 0.717) is 11.3 Å². The zero-order chi connectivity index (χ0) is 17.6. The number of para-hydroxylation sites is 1. The molecule has 24 heavy (non-hydrogen) atoms. The van der Waals surface area contributed by atoms with Gasteiger partial charge in [-0.1, -0.05) is 24.3 Å². The van der Waals surface area contributed by atoms with Gasteiger partial charge in [0.1, 0.15) is 11.4 Å². The van der Waals surface area contributed by atoms with Crippen LogP contribution in [0.4, 0.5) is 9.18 Å². The molecule has 1 N–H and O–H groups in total. The molecule has 1 amide bonds. The summed E-state index contributed by atoms with van der Waals surface area (Å²) in [5, 5.41) is 3.78. The molecule has 0 spiro atoms. The van der Waals surface area contributed by atoms with Crippen molar-refractivity contribution in [2.24, 2.45) is 5.10 Å². The first-order chi connectivity index (χ1) is 11.3. The molecule has 0 aromatic heterocycles. The number of nitrogens with zero attached hydrogens (tertiary/aromatic N) is 1. The highest BCUT2D eigenvalue weighted by atomic mass is 19.1. The van der Waals surface area contributed by atoms with Crippen molar-refractivity contribution in [3.63, 3.8) is 0 Å². The van der Waals surface area contributed by atoms with Crippen LogP contribution in [0.2, 0.25) is 0 Å². The van der Waals surface area contributed by atoms with E-state index in [9.17, 15) is 9.18 Å². The molecule has 5 nitrogen and oxygen atoms in total. The lowest BCUT2D eigenvalue weighted by Crippen LogP contribution is -2.29. The van der Waals surface area contributed by atoms with Crippen LogP contribution in [0.25, 0.3) is 0 Å². The summed E-state index contributed by atoms with van der Waals surface area (Å²) < 4.78 is 24.4. The van der Waals surface area contributed by atoms with Crippen LogP contribution in [-0.2, 0) is 4.74 Å². The maximum Gasteiger partial charge on any atom is 0.428 e. The molecular formula is C18H19FN2O3. The Labute approximate surface area is 140 Å². The minimum atomic E-state index is -0.665. The molecule has 0 bridgehead atoms. The van der Waals surface area contributed by atoms with E-state index < -0.39 is 17.5 Å². The highest BCUT2D eigenvalue weighted by Crippen LogP contribution is 2.24. The average Bonchev–Trinajstić information content (AvgIpc) is 2.50. The number of hydrazone groups is 1. The highest BCUT2D eigenvalue weighted by molar-refractivity contribution is 5.81. The second kappa shape index (κ2) is 7.59. The van der Waals surface area contributed by atoms with Crippen LogP contribution in [0.1, 0.15) is 26.3 Å². The monoisotopic (exact) mass is 330 g/mol. The molecule has 2 aromatic rings. The molecule has 0 fully saturated rings. The topological polar surface area (TPSA) is 59.9 Å². The number of rotatable bonds is 4. The first-order valence-electron chi connectivity index (χ1n) is 7.38. The zero-order valence-corrected chi connectivity index (χ0v) is 13.7. The van der Waals surface area contributed by atoms with Crippen molar-refractivity contribution < 1.29 is 18.7 Å². The van der Waals surface area contributed by atoms with Gasteiger partial charge in [0.2, 0.25) is 0 Å². The third kappa shape index (κ3) is 5.72. The Morgan fingerprint density at radius 3 is 2.54 bits per heavy atom. The second-order valence-corrected chi connectivity index (χ2v) is 5.98. The Bertz CT molecular complexity index is 725. The lowest BCUT2D eigenvalue weighted by atomic mass is 10.2. The molecule has 0 radical (unpaired) electrons. The van der Waals surface area contributed by atoms with Crippen LogP contribution in [0, 0.1) is 5.82 Å². The van der Waals surface area contributed by atoms with E-state index in [2.05, 4.69) is 10.5 Å². The summed E-state index contributed by atoms with van der Waals surface area (Å²) >= 11 is 0. The zero-order valence-electron chi connectivity index (χ0n) is 13.7. The lowest BCUT2D eigenvalue weighted by molar-refractivity contribution is 0.0529. The van der Waals surface area contributed by atoms with Crippen LogP contribution in [0.5, 0.6) is 11.5 Å². The van der Waals surface area contributed by atoms with E-state index in [1.54, 1.807) is 45.0 Å². The van der Waals surface area contributed by atoms with Gasteiger partial charge in [0.15, 0.2) is 11.6 Å². The van der Waals surface area contributed by atoms with Gasteiger partial charge in [0.25, 0.3) is 0 Å². The number of benzene rings is 2. The van der Waals surface area contributed by atoms with Gasteiger partial charge in [0, 0.05) is 0 Å². The summed E-state index contributed by atoms with van der Waals surface area (Å²) in [5.74, 6) is 0.107. The number of hydrogen-bond acceptors (Lipinski definition) is 4. The third-order valence-electron chi connectivity index (χ3n) is 2.69. The lowest BCUT2D eigenvalue weighted by Gasteiger charge is -2.18. The predicted molar refractivity (Wildman–Crippen MR) is 89.9 cm³/mol. The van der Waals surface area contributed by atoms with E-state index in [-0.39, 0.29) is 5.75 Å². The second-order valence-electron chi connectivity index (χ2n) is 5.98. The summed E-state index contributed by atoms with van der Waals surface area (Å²) in [4.78, 5) is 11.5.